The third-order valence-electron chi connectivity index (χ3n) is 6.61. The zero-order chi connectivity index (χ0) is 26.3. The third-order valence-corrected chi connectivity index (χ3v) is 9.71. The number of sulfone groups is 1. The van der Waals surface area contributed by atoms with Crippen molar-refractivity contribution in [3.05, 3.63) is 75.7 Å². The Kier molecular flexibility index (Phi) is 6.76. The van der Waals surface area contributed by atoms with E-state index in [9.17, 15) is 23.1 Å². The van der Waals surface area contributed by atoms with Gasteiger partial charge >= 0.3 is 11.9 Å². The first-order valence-corrected chi connectivity index (χ1v) is 14.2. The van der Waals surface area contributed by atoms with Crippen molar-refractivity contribution in [3.63, 3.8) is 0 Å². The van der Waals surface area contributed by atoms with Crippen LogP contribution in [0.1, 0.15) is 31.2 Å². The maximum absolute atomic E-state index is 15.2. The average Bonchev–Trinajstić information content (AvgIpc) is 3.20. The molecule has 3 aliphatic heterocycles. The number of halogens is 1. The molecule has 5 rings (SSSR count). The van der Waals surface area contributed by atoms with E-state index in [1.807, 2.05) is 0 Å². The Labute approximate surface area is 217 Å². The Balaban J connectivity index is 1.56. The van der Waals surface area contributed by atoms with Gasteiger partial charge < -0.3 is 19.9 Å². The van der Waals surface area contributed by atoms with Crippen molar-refractivity contribution < 1.29 is 37.0 Å². The molecule has 2 N–H and O–H groups in total. The second kappa shape index (κ2) is 9.86. The van der Waals surface area contributed by atoms with Crippen LogP contribution in [0.5, 0.6) is 5.75 Å². The maximum Gasteiger partial charge on any atom is 0.336 e. The predicted octanol–water partition coefficient (Wildman–Crippen LogP) is 3.78. The highest BCUT2D eigenvalue weighted by Crippen LogP contribution is 2.51. The van der Waals surface area contributed by atoms with E-state index in [1.165, 1.54) is 24.3 Å². The van der Waals surface area contributed by atoms with E-state index in [0.29, 0.717) is 34.2 Å². The molecule has 0 spiro atoms. The summed E-state index contributed by atoms with van der Waals surface area (Å²) in [6.45, 7) is 1.86. The van der Waals surface area contributed by atoms with E-state index in [2.05, 4.69) is 5.32 Å². The van der Waals surface area contributed by atoms with Gasteiger partial charge in [0.25, 0.3) is 0 Å². The number of aromatic hydroxyl groups is 1. The lowest BCUT2D eigenvalue weighted by atomic mass is 9.85. The monoisotopic (exact) mass is 545 g/mol. The fourth-order valence-corrected chi connectivity index (χ4v) is 7.98. The van der Waals surface area contributed by atoms with Crippen LogP contribution in [0.25, 0.3) is 0 Å². The second-order valence-electron chi connectivity index (χ2n) is 9.00. The summed E-state index contributed by atoms with van der Waals surface area (Å²) in [5, 5.41) is 13.7. The topological polar surface area (TPSA) is 119 Å². The Bertz CT molecular complexity index is 1440. The number of phenols is 1. The number of rotatable bonds is 5. The maximum atomic E-state index is 15.2. The van der Waals surface area contributed by atoms with Crippen LogP contribution in [0.3, 0.4) is 0 Å². The molecule has 1 fully saturated rings. The minimum Gasteiger partial charge on any atom is -0.508 e. The van der Waals surface area contributed by atoms with Crippen LogP contribution in [-0.2, 0) is 28.9 Å². The van der Waals surface area contributed by atoms with Crippen LogP contribution in [0.2, 0.25) is 0 Å². The molecule has 11 heteroatoms. The van der Waals surface area contributed by atoms with Gasteiger partial charge in [-0.1, -0.05) is 30.0 Å². The number of carbonyl (C=O) groups excluding carboxylic acids is 2. The van der Waals surface area contributed by atoms with Crippen molar-refractivity contribution in [1.29, 1.82) is 0 Å². The highest BCUT2D eigenvalue weighted by atomic mass is 32.2. The molecule has 8 nitrogen and oxygen atoms in total. The highest BCUT2D eigenvalue weighted by molar-refractivity contribution is 8.04. The van der Waals surface area contributed by atoms with Gasteiger partial charge in [0.2, 0.25) is 0 Å². The summed E-state index contributed by atoms with van der Waals surface area (Å²) < 4.78 is 52.1. The number of phenolic OH excluding ortho intramolecular Hbond substituents is 1. The molecule has 0 radical (unpaired) electrons. The summed E-state index contributed by atoms with van der Waals surface area (Å²) in [6, 6.07) is 10.3. The molecule has 2 atom stereocenters. The number of carbonyl (C=O) groups is 2. The van der Waals surface area contributed by atoms with Gasteiger partial charge in [0.1, 0.15) is 11.6 Å². The zero-order valence-electron chi connectivity index (χ0n) is 19.8. The third kappa shape index (κ3) is 4.73. The molecule has 0 bridgehead atoms. The lowest BCUT2D eigenvalue weighted by Gasteiger charge is -2.31. The zero-order valence-corrected chi connectivity index (χ0v) is 21.5. The van der Waals surface area contributed by atoms with Crippen molar-refractivity contribution in [2.75, 3.05) is 19.0 Å². The summed E-state index contributed by atoms with van der Waals surface area (Å²) in [4.78, 5) is 26.1. The molecule has 3 heterocycles. The van der Waals surface area contributed by atoms with Gasteiger partial charge in [0.15, 0.2) is 9.84 Å². The van der Waals surface area contributed by atoms with E-state index in [4.69, 9.17) is 9.47 Å². The average molecular weight is 546 g/mol. The molecular formula is C26H24FNO7S2. The SMILES string of the molecule is CC1=C(C(=O)OCCC2CCOC2=O)C(c2c(O)cccc2F)C2=C(CS(=O)(=O)c3ccccc3S2)N1. The number of thioether (sulfide) groups is 1. The summed E-state index contributed by atoms with van der Waals surface area (Å²) in [5.41, 5.74) is 0.499. The Hall–Kier alpha value is -3.31. The predicted molar refractivity (Wildman–Crippen MR) is 133 cm³/mol. The summed E-state index contributed by atoms with van der Waals surface area (Å²) in [5.74, 6) is -4.05. The fourth-order valence-electron chi connectivity index (χ4n) is 4.81. The number of hydrogen-bond donors (Lipinski definition) is 2. The lowest BCUT2D eigenvalue weighted by molar-refractivity contribution is -0.144. The number of esters is 2. The molecule has 2 aromatic rings. The van der Waals surface area contributed by atoms with Crippen molar-refractivity contribution in [2.45, 2.75) is 35.5 Å². The van der Waals surface area contributed by atoms with E-state index >= 15 is 4.39 Å². The van der Waals surface area contributed by atoms with Crippen LogP contribution in [-0.4, -0.2) is 44.4 Å². The smallest absolute Gasteiger partial charge is 0.336 e. The van der Waals surface area contributed by atoms with Crippen LogP contribution in [0.15, 0.2) is 74.1 Å². The molecular weight excluding hydrogens is 521 g/mol. The summed E-state index contributed by atoms with van der Waals surface area (Å²) in [7, 11) is -3.74. The summed E-state index contributed by atoms with van der Waals surface area (Å²) >= 11 is 1.11. The van der Waals surface area contributed by atoms with Crippen molar-refractivity contribution in [3.8, 4) is 5.75 Å². The van der Waals surface area contributed by atoms with Gasteiger partial charge in [-0.25, -0.2) is 17.6 Å². The van der Waals surface area contributed by atoms with Gasteiger partial charge in [-0.2, -0.15) is 0 Å². The van der Waals surface area contributed by atoms with Crippen LogP contribution < -0.4 is 5.32 Å². The molecule has 2 unspecified atom stereocenters. The molecule has 37 heavy (non-hydrogen) atoms. The Morgan fingerprint density at radius 3 is 2.76 bits per heavy atom. The standard InChI is InChI=1S/C26H24FNO7S2/c1-14-21(26(31)35-12-10-15-9-11-34-25(15)30)23(22-16(27)5-4-6-18(22)29)24-17(28-14)13-37(32,33)20-8-3-2-7-19(20)36-24/h2-8,15,23,28-29H,9-13H2,1H3. The molecule has 3 aliphatic rings. The number of benzene rings is 2. The Morgan fingerprint density at radius 1 is 1.24 bits per heavy atom. The fraction of sp³-hybridized carbons (Fsp3) is 0.308. The van der Waals surface area contributed by atoms with Gasteiger partial charge in [-0.3, -0.25) is 4.79 Å². The van der Waals surface area contributed by atoms with Crippen molar-refractivity contribution >= 4 is 33.5 Å². The largest absolute Gasteiger partial charge is 0.508 e. The first kappa shape index (κ1) is 25.3. The number of fused-ring (bicyclic) bond motifs is 1. The van der Waals surface area contributed by atoms with Crippen molar-refractivity contribution in [1.82, 2.24) is 5.32 Å². The quantitative estimate of drug-likeness (QED) is 0.541. The molecule has 0 saturated carbocycles. The van der Waals surface area contributed by atoms with Crippen LogP contribution in [0.4, 0.5) is 4.39 Å². The number of ether oxygens (including phenoxy) is 2. The first-order chi connectivity index (χ1) is 17.7. The normalized spacial score (nSPS) is 22.5. The van der Waals surface area contributed by atoms with E-state index in [0.717, 1.165) is 11.8 Å². The number of cyclic esters (lactones) is 1. The van der Waals surface area contributed by atoms with E-state index in [1.54, 1.807) is 25.1 Å². The second-order valence-corrected chi connectivity index (χ2v) is 12.0. The minimum absolute atomic E-state index is 0.0532. The van der Waals surface area contributed by atoms with Crippen LogP contribution >= 0.6 is 11.8 Å². The molecule has 1 saturated heterocycles. The Morgan fingerprint density at radius 2 is 2.03 bits per heavy atom. The molecule has 0 aliphatic carbocycles. The van der Waals surface area contributed by atoms with Gasteiger partial charge in [0.05, 0.1) is 41.3 Å². The van der Waals surface area contributed by atoms with Crippen molar-refractivity contribution in [2.24, 2.45) is 5.92 Å². The molecule has 194 valence electrons. The summed E-state index contributed by atoms with van der Waals surface area (Å²) in [6.07, 6.45) is 0.834. The van der Waals surface area contributed by atoms with Gasteiger partial charge in [0, 0.05) is 26.8 Å². The van der Waals surface area contributed by atoms with E-state index in [-0.39, 0.29) is 52.4 Å². The lowest BCUT2D eigenvalue weighted by Crippen LogP contribution is -2.32. The van der Waals surface area contributed by atoms with E-state index < -0.39 is 27.5 Å². The number of nitrogens with one attached hydrogen (secondary N) is 1. The molecule has 2 aromatic carbocycles. The minimum atomic E-state index is -3.74. The van der Waals surface area contributed by atoms with Gasteiger partial charge in [-0.15, -0.1) is 0 Å². The first-order valence-electron chi connectivity index (χ1n) is 11.7. The number of allylic oxidation sites excluding steroid dienone is 2. The number of hydrogen-bond acceptors (Lipinski definition) is 9. The molecule has 0 aromatic heterocycles. The number of dihydropyridines is 1. The molecule has 0 amide bonds. The van der Waals surface area contributed by atoms with Gasteiger partial charge in [-0.05, 0) is 44.0 Å². The highest BCUT2D eigenvalue weighted by Gasteiger charge is 2.41. The van der Waals surface area contributed by atoms with Crippen LogP contribution in [0, 0.1) is 11.7 Å².